The number of likely N-dealkylation sites (N-methyl/N-ethyl adjacent to an activating group) is 1. The minimum Gasteiger partial charge on any atom is -0.393 e. The van der Waals surface area contributed by atoms with E-state index < -0.39 is 0 Å². The highest BCUT2D eigenvalue weighted by atomic mass is 19.1. The molecule has 23 heavy (non-hydrogen) atoms. The fourth-order valence-corrected chi connectivity index (χ4v) is 3.11. The Labute approximate surface area is 137 Å². The Bertz CT molecular complexity index is 518. The molecule has 0 radical (unpaired) electrons. The van der Waals surface area contributed by atoms with E-state index in [1.54, 1.807) is 24.1 Å². The Balaban J connectivity index is 1.92. The molecule has 1 fully saturated rings. The van der Waals surface area contributed by atoms with Gasteiger partial charge in [-0.25, -0.2) is 4.39 Å². The third kappa shape index (κ3) is 4.75. The van der Waals surface area contributed by atoms with Crippen LogP contribution in [0, 0.1) is 11.7 Å². The molecule has 3 atom stereocenters. The summed E-state index contributed by atoms with van der Waals surface area (Å²) in [6.45, 7) is 5.79. The summed E-state index contributed by atoms with van der Waals surface area (Å²) in [7, 11) is 1.78. The molecular formula is C18H27FN2O2. The minimum atomic E-state index is -0.330. The fraction of sp³-hybridized carbons (Fsp3) is 0.611. The zero-order valence-corrected chi connectivity index (χ0v) is 14.2. The molecule has 1 aliphatic heterocycles. The van der Waals surface area contributed by atoms with Gasteiger partial charge in [0, 0.05) is 13.6 Å². The molecule has 1 aromatic rings. The first kappa shape index (κ1) is 17.9. The van der Waals surface area contributed by atoms with Crippen molar-refractivity contribution in [3.05, 3.63) is 35.6 Å². The summed E-state index contributed by atoms with van der Waals surface area (Å²) < 4.78 is 13.0. The SMILES string of the molecule is CC(O)C1CCCN(CC(=O)N(C)C(C)c2ccc(F)cc2)C1. The molecule has 0 saturated carbocycles. The molecule has 1 aromatic carbocycles. The lowest BCUT2D eigenvalue weighted by molar-refractivity contribution is -0.133. The van der Waals surface area contributed by atoms with Gasteiger partial charge >= 0.3 is 0 Å². The second-order valence-electron chi connectivity index (χ2n) is 6.61. The standard InChI is InChI=1S/C18H27FN2O2/c1-13(15-6-8-17(19)9-7-15)20(3)18(23)12-21-10-4-5-16(11-21)14(2)22/h6-9,13-14,16,22H,4-5,10-12H2,1-3H3. The summed E-state index contributed by atoms with van der Waals surface area (Å²) in [6.07, 6.45) is 1.70. The quantitative estimate of drug-likeness (QED) is 0.905. The molecule has 4 nitrogen and oxygen atoms in total. The van der Waals surface area contributed by atoms with Crippen LogP contribution in [-0.4, -0.2) is 53.6 Å². The fourth-order valence-electron chi connectivity index (χ4n) is 3.11. The van der Waals surface area contributed by atoms with Gasteiger partial charge in [-0.15, -0.1) is 0 Å². The highest BCUT2D eigenvalue weighted by molar-refractivity contribution is 5.78. The van der Waals surface area contributed by atoms with E-state index in [1.165, 1.54) is 12.1 Å². The first-order chi connectivity index (χ1) is 10.9. The van der Waals surface area contributed by atoms with Gasteiger partial charge in [0.1, 0.15) is 5.82 Å². The summed E-state index contributed by atoms with van der Waals surface area (Å²) in [5.74, 6) is 0.0249. The summed E-state index contributed by atoms with van der Waals surface area (Å²) in [6, 6.07) is 6.17. The molecule has 1 N–H and O–H groups in total. The van der Waals surface area contributed by atoms with Crippen molar-refractivity contribution in [1.29, 1.82) is 0 Å². The van der Waals surface area contributed by atoms with Gasteiger partial charge in [0.25, 0.3) is 0 Å². The zero-order chi connectivity index (χ0) is 17.0. The lowest BCUT2D eigenvalue weighted by Crippen LogP contribution is -2.45. The third-order valence-corrected chi connectivity index (χ3v) is 4.91. The van der Waals surface area contributed by atoms with Crippen LogP contribution < -0.4 is 0 Å². The van der Waals surface area contributed by atoms with Gasteiger partial charge in [-0.05, 0) is 56.8 Å². The molecule has 1 aliphatic rings. The van der Waals surface area contributed by atoms with E-state index in [4.69, 9.17) is 0 Å². The maximum atomic E-state index is 13.0. The molecular weight excluding hydrogens is 295 g/mol. The van der Waals surface area contributed by atoms with Crippen LogP contribution in [0.3, 0.4) is 0 Å². The molecule has 2 rings (SSSR count). The van der Waals surface area contributed by atoms with Crippen molar-refractivity contribution in [1.82, 2.24) is 9.80 Å². The third-order valence-electron chi connectivity index (χ3n) is 4.91. The van der Waals surface area contributed by atoms with E-state index in [0.29, 0.717) is 6.54 Å². The van der Waals surface area contributed by atoms with Gasteiger partial charge in [0.05, 0.1) is 18.7 Å². The van der Waals surface area contributed by atoms with Crippen LogP contribution >= 0.6 is 0 Å². The van der Waals surface area contributed by atoms with Gasteiger partial charge in [-0.2, -0.15) is 0 Å². The molecule has 0 aliphatic carbocycles. The van der Waals surface area contributed by atoms with Crippen LogP contribution in [0.25, 0.3) is 0 Å². The number of likely N-dealkylation sites (tertiary alicyclic amines) is 1. The number of amides is 1. The van der Waals surface area contributed by atoms with E-state index in [-0.39, 0.29) is 29.8 Å². The molecule has 128 valence electrons. The Kier molecular flexibility index (Phi) is 6.13. The topological polar surface area (TPSA) is 43.8 Å². The Morgan fingerprint density at radius 3 is 2.65 bits per heavy atom. The first-order valence-corrected chi connectivity index (χ1v) is 8.30. The lowest BCUT2D eigenvalue weighted by atomic mass is 9.93. The Morgan fingerprint density at radius 1 is 1.39 bits per heavy atom. The number of aliphatic hydroxyl groups excluding tert-OH is 1. The van der Waals surface area contributed by atoms with Crippen LogP contribution in [0.4, 0.5) is 4.39 Å². The first-order valence-electron chi connectivity index (χ1n) is 8.30. The number of halogens is 1. The van der Waals surface area contributed by atoms with Gasteiger partial charge in [-0.1, -0.05) is 12.1 Å². The number of rotatable bonds is 5. The van der Waals surface area contributed by atoms with E-state index in [1.807, 2.05) is 13.8 Å². The second-order valence-corrected chi connectivity index (χ2v) is 6.61. The molecule has 1 amide bonds. The molecule has 3 unspecified atom stereocenters. The maximum Gasteiger partial charge on any atom is 0.236 e. The van der Waals surface area contributed by atoms with Crippen LogP contribution in [0.2, 0.25) is 0 Å². The number of piperidine rings is 1. The normalized spacial score (nSPS) is 21.7. The van der Waals surface area contributed by atoms with Gasteiger partial charge in [0.15, 0.2) is 0 Å². The van der Waals surface area contributed by atoms with Gasteiger partial charge in [-0.3, -0.25) is 9.69 Å². The number of benzene rings is 1. The summed E-state index contributed by atoms with van der Waals surface area (Å²) >= 11 is 0. The van der Waals surface area contributed by atoms with Crippen molar-refractivity contribution in [3.8, 4) is 0 Å². The number of hydrogen-bond acceptors (Lipinski definition) is 3. The van der Waals surface area contributed by atoms with E-state index in [9.17, 15) is 14.3 Å². The molecule has 0 bridgehead atoms. The van der Waals surface area contributed by atoms with Gasteiger partial charge in [0.2, 0.25) is 5.91 Å². The highest BCUT2D eigenvalue weighted by Gasteiger charge is 2.26. The molecule has 5 heteroatoms. The molecule has 1 heterocycles. The average molecular weight is 322 g/mol. The lowest BCUT2D eigenvalue weighted by Gasteiger charge is -2.35. The minimum absolute atomic E-state index is 0.0491. The largest absolute Gasteiger partial charge is 0.393 e. The summed E-state index contributed by atoms with van der Waals surface area (Å²) in [5.41, 5.74) is 0.919. The second kappa shape index (κ2) is 7.88. The Hall–Kier alpha value is -1.46. The molecule has 1 saturated heterocycles. The number of carbonyl (C=O) groups excluding carboxylic acids is 1. The van der Waals surface area contributed by atoms with Crippen molar-refractivity contribution in [2.45, 2.75) is 38.8 Å². The number of aliphatic hydroxyl groups is 1. The van der Waals surface area contributed by atoms with Crippen molar-refractivity contribution in [2.75, 3.05) is 26.7 Å². The predicted molar refractivity (Wildman–Crippen MR) is 88.4 cm³/mol. The van der Waals surface area contributed by atoms with Gasteiger partial charge < -0.3 is 10.0 Å². The predicted octanol–water partition coefficient (Wildman–Crippen LogP) is 2.44. The van der Waals surface area contributed by atoms with Crippen LogP contribution in [0.15, 0.2) is 24.3 Å². The molecule has 0 aromatic heterocycles. The number of hydrogen-bond donors (Lipinski definition) is 1. The van der Waals surface area contributed by atoms with Crippen molar-refractivity contribution in [2.24, 2.45) is 5.92 Å². The van der Waals surface area contributed by atoms with Crippen molar-refractivity contribution in [3.63, 3.8) is 0 Å². The highest BCUT2D eigenvalue weighted by Crippen LogP contribution is 2.22. The van der Waals surface area contributed by atoms with Crippen molar-refractivity contribution < 1.29 is 14.3 Å². The van der Waals surface area contributed by atoms with E-state index in [2.05, 4.69) is 4.90 Å². The zero-order valence-electron chi connectivity index (χ0n) is 14.2. The maximum absolute atomic E-state index is 13.0. The Morgan fingerprint density at radius 2 is 2.04 bits per heavy atom. The average Bonchev–Trinajstić information content (AvgIpc) is 2.54. The summed E-state index contributed by atoms with van der Waals surface area (Å²) in [4.78, 5) is 16.3. The van der Waals surface area contributed by atoms with Crippen LogP contribution in [-0.2, 0) is 4.79 Å². The summed E-state index contributed by atoms with van der Waals surface area (Å²) in [5, 5.41) is 9.74. The van der Waals surface area contributed by atoms with E-state index in [0.717, 1.165) is 31.5 Å². The van der Waals surface area contributed by atoms with E-state index >= 15 is 0 Å². The number of nitrogens with zero attached hydrogens (tertiary/aromatic N) is 2. The monoisotopic (exact) mass is 322 g/mol. The van der Waals surface area contributed by atoms with Crippen LogP contribution in [0.1, 0.15) is 38.3 Å². The van der Waals surface area contributed by atoms with Crippen molar-refractivity contribution >= 4 is 5.91 Å². The molecule has 0 spiro atoms. The van der Waals surface area contributed by atoms with Crippen LogP contribution in [0.5, 0.6) is 0 Å². The number of carbonyl (C=O) groups is 1. The smallest absolute Gasteiger partial charge is 0.236 e.